The summed E-state index contributed by atoms with van der Waals surface area (Å²) in [6.45, 7) is 1.79. The maximum atomic E-state index is 12.2. The van der Waals surface area contributed by atoms with Gasteiger partial charge in [-0.05, 0) is 18.6 Å². The highest BCUT2D eigenvalue weighted by molar-refractivity contribution is 6.27. The van der Waals surface area contributed by atoms with Crippen LogP contribution in [0.4, 0.5) is 10.5 Å². The largest absolute Gasteiger partial charge is 0.332 e. The summed E-state index contributed by atoms with van der Waals surface area (Å²) in [6.07, 6.45) is 0. The molecular weight excluding hydrogens is 274 g/mol. The van der Waals surface area contributed by atoms with Crippen LogP contribution < -0.4 is 5.32 Å². The predicted octanol–water partition coefficient (Wildman–Crippen LogP) is 0.600. The van der Waals surface area contributed by atoms with Gasteiger partial charge in [0.15, 0.2) is 5.92 Å². The average molecular weight is 289 g/mol. The Morgan fingerprint density at radius 2 is 1.57 bits per heavy atom. The predicted molar refractivity (Wildman–Crippen MR) is 74.2 cm³/mol. The first-order valence-corrected chi connectivity index (χ1v) is 6.30. The first kappa shape index (κ1) is 14.7. The van der Waals surface area contributed by atoms with Crippen LogP contribution >= 0.6 is 0 Å². The molecule has 7 heteroatoms. The molecule has 0 radical (unpaired) electrons. The Morgan fingerprint density at radius 3 is 2.10 bits per heavy atom. The lowest BCUT2D eigenvalue weighted by Crippen LogP contribution is -2.59. The van der Waals surface area contributed by atoms with Gasteiger partial charge >= 0.3 is 6.03 Å². The summed E-state index contributed by atoms with van der Waals surface area (Å²) in [7, 11) is 2.48. The van der Waals surface area contributed by atoms with Crippen molar-refractivity contribution in [3.63, 3.8) is 0 Å². The van der Waals surface area contributed by atoms with Crippen molar-refractivity contribution in [2.45, 2.75) is 6.92 Å². The molecule has 1 aromatic rings. The molecule has 0 bridgehead atoms. The van der Waals surface area contributed by atoms with Gasteiger partial charge < -0.3 is 5.32 Å². The van der Waals surface area contributed by atoms with Gasteiger partial charge in [0.25, 0.3) is 11.8 Å². The topological polar surface area (TPSA) is 86.8 Å². The zero-order chi connectivity index (χ0) is 15.7. The summed E-state index contributed by atoms with van der Waals surface area (Å²) in [5.74, 6) is -3.94. The monoisotopic (exact) mass is 289 g/mol. The molecule has 0 aliphatic carbocycles. The fraction of sp³-hybridized carbons (Fsp3) is 0.286. The Morgan fingerprint density at radius 1 is 1.05 bits per heavy atom. The van der Waals surface area contributed by atoms with Crippen molar-refractivity contribution in [1.29, 1.82) is 0 Å². The highest BCUT2D eigenvalue weighted by Crippen LogP contribution is 2.19. The van der Waals surface area contributed by atoms with Crippen molar-refractivity contribution < 1.29 is 19.2 Å². The van der Waals surface area contributed by atoms with Crippen molar-refractivity contribution in [2.24, 2.45) is 5.92 Å². The minimum absolute atomic E-state index is 0.519. The van der Waals surface area contributed by atoms with Crippen molar-refractivity contribution in [3.8, 4) is 0 Å². The van der Waals surface area contributed by atoms with Crippen LogP contribution in [0.3, 0.4) is 0 Å². The van der Waals surface area contributed by atoms with E-state index in [1.54, 1.807) is 25.1 Å². The van der Waals surface area contributed by atoms with Gasteiger partial charge in [-0.3, -0.25) is 24.2 Å². The van der Waals surface area contributed by atoms with Gasteiger partial charge in [-0.25, -0.2) is 4.79 Å². The lowest BCUT2D eigenvalue weighted by atomic mass is 10.0. The van der Waals surface area contributed by atoms with Crippen molar-refractivity contribution >= 4 is 29.4 Å². The minimum atomic E-state index is -1.54. The smallest absolute Gasteiger partial charge is 0.325 e. The third-order valence-electron chi connectivity index (χ3n) is 3.39. The van der Waals surface area contributed by atoms with Crippen LogP contribution in [0.1, 0.15) is 5.56 Å². The van der Waals surface area contributed by atoms with Crippen LogP contribution in [0.25, 0.3) is 0 Å². The van der Waals surface area contributed by atoms with Crippen LogP contribution in [-0.2, 0) is 14.4 Å². The van der Waals surface area contributed by atoms with Crippen LogP contribution in [-0.4, -0.2) is 47.6 Å². The lowest BCUT2D eigenvalue weighted by molar-refractivity contribution is -0.151. The summed E-state index contributed by atoms with van der Waals surface area (Å²) in [6, 6.07) is 6.26. The number of carbonyl (C=O) groups excluding carboxylic acids is 4. The summed E-state index contributed by atoms with van der Waals surface area (Å²) < 4.78 is 0. The molecule has 5 amide bonds. The molecule has 1 heterocycles. The molecule has 1 fully saturated rings. The van der Waals surface area contributed by atoms with E-state index in [-0.39, 0.29) is 0 Å². The number of para-hydroxylation sites is 1. The molecule has 7 nitrogen and oxygen atoms in total. The Labute approximate surface area is 121 Å². The van der Waals surface area contributed by atoms with Gasteiger partial charge in [0.2, 0.25) is 5.91 Å². The average Bonchev–Trinajstić information content (AvgIpc) is 2.46. The standard InChI is InChI=1S/C14H15N3O4/c1-8-6-4-5-7-9(8)15-11(18)10-12(19)16(2)14(21)17(3)13(10)20/h4-7,10H,1-3H3,(H,15,18). The summed E-state index contributed by atoms with van der Waals surface area (Å²) in [5.41, 5.74) is 1.32. The number of hydrogen-bond donors (Lipinski definition) is 1. The van der Waals surface area contributed by atoms with Gasteiger partial charge in [-0.1, -0.05) is 18.2 Å². The maximum absolute atomic E-state index is 12.2. The molecule has 2 rings (SSSR count). The van der Waals surface area contributed by atoms with E-state index in [1.807, 2.05) is 6.07 Å². The Balaban J connectivity index is 2.26. The number of imide groups is 2. The van der Waals surface area contributed by atoms with E-state index >= 15 is 0 Å². The van der Waals surface area contributed by atoms with E-state index in [2.05, 4.69) is 5.32 Å². The third-order valence-corrected chi connectivity index (χ3v) is 3.39. The number of hydrogen-bond acceptors (Lipinski definition) is 4. The third kappa shape index (κ3) is 2.49. The second-order valence-corrected chi connectivity index (χ2v) is 4.81. The van der Waals surface area contributed by atoms with Crippen molar-refractivity contribution in [2.75, 3.05) is 19.4 Å². The zero-order valence-electron chi connectivity index (χ0n) is 11.9. The second kappa shape index (κ2) is 5.35. The molecule has 21 heavy (non-hydrogen) atoms. The number of nitrogens with zero attached hydrogens (tertiary/aromatic N) is 2. The fourth-order valence-electron chi connectivity index (χ4n) is 2.05. The number of amides is 5. The fourth-order valence-corrected chi connectivity index (χ4v) is 2.05. The highest BCUT2D eigenvalue weighted by atomic mass is 16.2. The molecule has 0 aromatic heterocycles. The molecular formula is C14H15N3O4. The Kier molecular flexibility index (Phi) is 3.75. The maximum Gasteiger partial charge on any atom is 0.332 e. The highest BCUT2D eigenvalue weighted by Gasteiger charge is 2.46. The molecule has 0 atom stereocenters. The molecule has 0 unspecified atom stereocenters. The number of aryl methyl sites for hydroxylation is 1. The first-order chi connectivity index (χ1) is 9.84. The number of anilines is 1. The summed E-state index contributed by atoms with van der Waals surface area (Å²) in [5, 5.41) is 2.55. The molecule has 1 aromatic carbocycles. The molecule has 1 aliphatic heterocycles. The van der Waals surface area contributed by atoms with E-state index < -0.39 is 29.7 Å². The number of benzene rings is 1. The van der Waals surface area contributed by atoms with Crippen LogP contribution in [0.5, 0.6) is 0 Å². The number of nitrogens with one attached hydrogen (secondary N) is 1. The van der Waals surface area contributed by atoms with Gasteiger partial charge in [0, 0.05) is 19.8 Å². The number of barbiturate groups is 1. The molecule has 1 aliphatic rings. The van der Waals surface area contributed by atoms with E-state index in [0.29, 0.717) is 5.69 Å². The van der Waals surface area contributed by atoms with Crippen LogP contribution in [0.15, 0.2) is 24.3 Å². The normalized spacial score (nSPS) is 16.4. The van der Waals surface area contributed by atoms with Gasteiger partial charge in [0.1, 0.15) is 0 Å². The van der Waals surface area contributed by atoms with Crippen LogP contribution in [0.2, 0.25) is 0 Å². The Hall–Kier alpha value is -2.70. The summed E-state index contributed by atoms with van der Waals surface area (Å²) >= 11 is 0. The SMILES string of the molecule is Cc1ccccc1NC(=O)C1C(=O)N(C)C(=O)N(C)C1=O. The van der Waals surface area contributed by atoms with E-state index in [0.717, 1.165) is 15.4 Å². The number of carbonyl (C=O) groups is 4. The van der Waals surface area contributed by atoms with Gasteiger partial charge in [-0.2, -0.15) is 0 Å². The first-order valence-electron chi connectivity index (χ1n) is 6.30. The van der Waals surface area contributed by atoms with E-state index in [9.17, 15) is 19.2 Å². The quantitative estimate of drug-likeness (QED) is 0.808. The van der Waals surface area contributed by atoms with Crippen molar-refractivity contribution in [3.05, 3.63) is 29.8 Å². The molecule has 1 N–H and O–H groups in total. The Bertz CT molecular complexity index is 617. The number of urea groups is 1. The summed E-state index contributed by atoms with van der Waals surface area (Å²) in [4.78, 5) is 49.4. The zero-order valence-corrected chi connectivity index (χ0v) is 11.9. The molecule has 0 spiro atoms. The number of rotatable bonds is 2. The van der Waals surface area contributed by atoms with Crippen molar-refractivity contribution in [1.82, 2.24) is 9.80 Å². The molecule has 0 saturated carbocycles. The molecule has 110 valence electrons. The van der Waals surface area contributed by atoms with Gasteiger partial charge in [0.05, 0.1) is 0 Å². The van der Waals surface area contributed by atoms with E-state index in [4.69, 9.17) is 0 Å². The second-order valence-electron chi connectivity index (χ2n) is 4.81. The lowest BCUT2D eigenvalue weighted by Gasteiger charge is -2.32. The minimum Gasteiger partial charge on any atom is -0.325 e. The van der Waals surface area contributed by atoms with Crippen LogP contribution in [0, 0.1) is 12.8 Å². The molecule has 1 saturated heterocycles. The van der Waals surface area contributed by atoms with Gasteiger partial charge in [-0.15, -0.1) is 0 Å². The van der Waals surface area contributed by atoms with E-state index in [1.165, 1.54) is 14.1 Å².